The summed E-state index contributed by atoms with van der Waals surface area (Å²) in [5, 5.41) is 0. The van der Waals surface area contributed by atoms with E-state index < -0.39 is 0 Å². The van der Waals surface area contributed by atoms with Crippen molar-refractivity contribution in [2.75, 3.05) is 0 Å². The first-order valence-electron chi connectivity index (χ1n) is 6.60. The summed E-state index contributed by atoms with van der Waals surface area (Å²) in [6, 6.07) is 4.58. The van der Waals surface area contributed by atoms with Gasteiger partial charge in [-0.25, -0.2) is 0 Å². The second-order valence-corrected chi connectivity index (χ2v) is 19.4. The van der Waals surface area contributed by atoms with Gasteiger partial charge < -0.3 is 0 Å². The molecule has 0 saturated heterocycles. The minimum atomic E-state index is -0.0312. The molecule has 0 unspecified atom stereocenters. The van der Waals surface area contributed by atoms with E-state index in [0.29, 0.717) is 0 Å². The monoisotopic (exact) mass is 540 g/mol. The molecule has 0 fully saturated rings. The van der Waals surface area contributed by atoms with Crippen LogP contribution in [0.25, 0.3) is 9.75 Å². The van der Waals surface area contributed by atoms with Crippen molar-refractivity contribution in [1.29, 1.82) is 0 Å². The van der Waals surface area contributed by atoms with Gasteiger partial charge in [-0.05, 0) is 0 Å². The van der Waals surface area contributed by atoms with Gasteiger partial charge in [0.15, 0.2) is 0 Å². The minimum Gasteiger partial charge on any atom is -0.0715 e. The van der Waals surface area contributed by atoms with E-state index in [-0.39, 0.29) is 33.0 Å². The second-order valence-electron chi connectivity index (χ2n) is 5.71. The summed E-state index contributed by atoms with van der Waals surface area (Å²) in [4.78, 5) is 3.02. The molecule has 0 nitrogen and oxygen atoms in total. The van der Waals surface area contributed by atoms with Crippen LogP contribution in [-0.2, 0) is 0 Å². The van der Waals surface area contributed by atoms with Gasteiger partial charge in [0.1, 0.15) is 0 Å². The number of halogens is 2. The Balaban J connectivity index is 0.000000234. The average Bonchev–Trinajstić information content (AvgIpc) is 2.86. The Bertz CT molecular complexity index is 524. The van der Waals surface area contributed by atoms with Gasteiger partial charge in [-0.1, -0.05) is 39.3 Å². The Morgan fingerprint density at radius 1 is 0.762 bits per heavy atom. The van der Waals surface area contributed by atoms with E-state index in [1.807, 2.05) is 22.7 Å². The fourth-order valence-electron chi connectivity index (χ4n) is 1.39. The standard InChI is InChI=1S/C8H2Br2GeS2.2C3H9Si/c9-5-1-3-7(12-5)8-4(11-3)2-6(10)13-8;2*1-4(2)3/h1-2H;2*1-3H3. The van der Waals surface area contributed by atoms with Gasteiger partial charge in [0.25, 0.3) is 0 Å². The fraction of sp³-hybridized carbons (Fsp3) is 0.429. The van der Waals surface area contributed by atoms with Gasteiger partial charge in [0.2, 0.25) is 0 Å². The molecule has 0 N–H and O–H groups in total. The first-order chi connectivity index (χ1) is 9.70. The van der Waals surface area contributed by atoms with Crippen LogP contribution in [0.1, 0.15) is 0 Å². The van der Waals surface area contributed by atoms with Crippen LogP contribution in [-0.4, -0.2) is 33.0 Å². The van der Waals surface area contributed by atoms with Crippen LogP contribution in [0.4, 0.5) is 0 Å². The molecule has 2 aromatic heterocycles. The maximum atomic E-state index is 3.55. The predicted molar refractivity (Wildman–Crippen MR) is 115 cm³/mol. The van der Waals surface area contributed by atoms with Crippen molar-refractivity contribution >= 4 is 96.4 Å². The summed E-state index contributed by atoms with van der Waals surface area (Å²) in [6.45, 7) is 13.6. The van der Waals surface area contributed by atoms with E-state index in [1.54, 1.807) is 8.79 Å². The van der Waals surface area contributed by atoms with Crippen LogP contribution in [0.2, 0.25) is 39.3 Å². The van der Waals surface area contributed by atoms with E-state index in [0.717, 1.165) is 0 Å². The zero-order valence-corrected chi connectivity index (χ0v) is 22.1. The molecule has 7 heteroatoms. The quantitative estimate of drug-likeness (QED) is 0.320. The van der Waals surface area contributed by atoms with E-state index in [4.69, 9.17) is 0 Å². The Labute approximate surface area is 163 Å². The normalized spacial score (nSPS) is 11.5. The molecule has 3 rings (SSSR count). The Morgan fingerprint density at radius 2 is 1.05 bits per heavy atom. The molecule has 0 aromatic carbocycles. The largest absolute Gasteiger partial charge is 0.0715 e. The molecule has 114 valence electrons. The van der Waals surface area contributed by atoms with Crippen molar-refractivity contribution in [1.82, 2.24) is 0 Å². The van der Waals surface area contributed by atoms with E-state index >= 15 is 0 Å². The summed E-state index contributed by atoms with van der Waals surface area (Å²) in [7, 11) is 0.241. The van der Waals surface area contributed by atoms with Gasteiger partial charge in [-0.3, -0.25) is 0 Å². The van der Waals surface area contributed by atoms with Gasteiger partial charge in [0, 0.05) is 17.6 Å². The van der Waals surface area contributed by atoms with E-state index in [1.165, 1.54) is 17.3 Å². The molecular formula is C14H20Br2GeS2Si2. The summed E-state index contributed by atoms with van der Waals surface area (Å²) in [6.07, 6.45) is 0. The summed E-state index contributed by atoms with van der Waals surface area (Å²) in [5.74, 6) is 0. The second kappa shape index (κ2) is 9.59. The molecule has 0 amide bonds. The van der Waals surface area contributed by atoms with Gasteiger partial charge in [-0.15, -0.1) is 0 Å². The third-order valence-electron chi connectivity index (χ3n) is 1.88. The Hall–Kier alpha value is 1.34. The molecule has 0 saturated carbocycles. The van der Waals surface area contributed by atoms with Crippen LogP contribution in [0.3, 0.4) is 0 Å². The topological polar surface area (TPSA) is 0 Å². The van der Waals surface area contributed by atoms with E-state index in [2.05, 4.69) is 83.3 Å². The summed E-state index contributed by atoms with van der Waals surface area (Å²) < 4.78 is 5.75. The fourth-order valence-corrected chi connectivity index (χ4v) is 9.95. The Kier molecular flexibility index (Phi) is 9.31. The smallest absolute Gasteiger partial charge is 0.0379 e. The van der Waals surface area contributed by atoms with Gasteiger partial charge in [0.05, 0.1) is 0 Å². The van der Waals surface area contributed by atoms with Crippen molar-refractivity contribution in [3.8, 4) is 9.75 Å². The molecule has 1 aliphatic rings. The van der Waals surface area contributed by atoms with Crippen molar-refractivity contribution < 1.29 is 0 Å². The van der Waals surface area contributed by atoms with Crippen LogP contribution in [0.15, 0.2) is 19.7 Å². The molecule has 21 heavy (non-hydrogen) atoms. The molecular weight excluding hydrogens is 521 g/mol. The van der Waals surface area contributed by atoms with Crippen LogP contribution >= 0.6 is 54.5 Å². The number of thiophene rings is 2. The molecule has 4 radical (unpaired) electrons. The van der Waals surface area contributed by atoms with Crippen LogP contribution in [0.5, 0.6) is 0 Å². The first kappa shape index (κ1) is 20.4. The molecule has 0 spiro atoms. The summed E-state index contributed by atoms with van der Waals surface area (Å²) in [5.41, 5.74) is 0. The molecule has 0 bridgehead atoms. The van der Waals surface area contributed by atoms with Crippen molar-refractivity contribution in [3.05, 3.63) is 19.7 Å². The average molecular weight is 541 g/mol. The SMILES string of the molecule is Brc1c[c]2c(s1)-c1sc(Br)c[c]1[Ge]2.C[Si](C)C.C[Si](C)C. The minimum absolute atomic E-state index is 0.0312. The van der Waals surface area contributed by atoms with Gasteiger partial charge in [-0.2, -0.15) is 0 Å². The third kappa shape index (κ3) is 7.18. The van der Waals surface area contributed by atoms with Crippen molar-refractivity contribution in [2.45, 2.75) is 39.3 Å². The van der Waals surface area contributed by atoms with Gasteiger partial charge >= 0.3 is 108 Å². The number of hydrogen-bond acceptors (Lipinski definition) is 2. The molecule has 3 heterocycles. The predicted octanol–water partition coefficient (Wildman–Crippen LogP) is 5.71. The van der Waals surface area contributed by atoms with Crippen molar-refractivity contribution in [2.24, 2.45) is 0 Å². The molecule has 2 aromatic rings. The maximum Gasteiger partial charge on any atom is 0.0379 e. The zero-order valence-electron chi connectivity index (χ0n) is 13.2. The number of fused-ring (bicyclic) bond motifs is 3. The Morgan fingerprint density at radius 3 is 1.33 bits per heavy atom. The van der Waals surface area contributed by atoms with Crippen LogP contribution in [0, 0.1) is 0 Å². The molecule has 1 aliphatic heterocycles. The molecule has 0 atom stereocenters. The zero-order chi connectivity index (χ0) is 16.2. The number of rotatable bonds is 0. The number of hydrogen-bond donors (Lipinski definition) is 0. The van der Waals surface area contributed by atoms with Crippen molar-refractivity contribution in [3.63, 3.8) is 0 Å². The van der Waals surface area contributed by atoms with Crippen LogP contribution < -0.4 is 8.79 Å². The summed E-state index contributed by atoms with van der Waals surface area (Å²) >= 11 is 10.8. The third-order valence-corrected chi connectivity index (χ3v) is 8.87. The van der Waals surface area contributed by atoms with E-state index in [9.17, 15) is 0 Å². The maximum absolute atomic E-state index is 3.55. The first-order valence-corrected chi connectivity index (χ1v) is 17.9. The molecule has 0 aliphatic carbocycles.